The monoisotopic (exact) mass is 599 g/mol. The molecule has 2 amide bonds. The van der Waals surface area contributed by atoms with Crippen LogP contribution in [-0.4, -0.2) is 44.3 Å². The van der Waals surface area contributed by atoms with Gasteiger partial charge in [-0.2, -0.15) is 0 Å². The van der Waals surface area contributed by atoms with Gasteiger partial charge in [0.25, 0.3) is 10.0 Å². The van der Waals surface area contributed by atoms with Crippen LogP contribution < -0.4 is 9.62 Å². The van der Waals surface area contributed by atoms with E-state index in [4.69, 9.17) is 0 Å². The molecule has 0 saturated carbocycles. The topological polar surface area (TPSA) is 86.8 Å². The Labute approximate surface area is 234 Å². The summed E-state index contributed by atoms with van der Waals surface area (Å²) in [5, 5.41) is 2.85. The van der Waals surface area contributed by atoms with Gasteiger partial charge in [-0.15, -0.1) is 0 Å². The Hall–Kier alpha value is -3.17. The van der Waals surface area contributed by atoms with E-state index < -0.39 is 28.5 Å². The number of hydrogen-bond acceptors (Lipinski definition) is 4. The van der Waals surface area contributed by atoms with Crippen molar-refractivity contribution in [3.05, 3.63) is 94.0 Å². The summed E-state index contributed by atoms with van der Waals surface area (Å²) in [6, 6.07) is 20.2. The molecule has 3 aromatic rings. The van der Waals surface area contributed by atoms with Gasteiger partial charge in [-0.3, -0.25) is 13.9 Å². The standard InChI is InChI=1S/C29H34BrN3O4S/c1-5-18-31-29(35)23(4)32(19-24-12-14-25(30)15-13-24)28(34)20-33(27-9-7-6-8-22(27)3)38(36,37)26-16-10-21(2)11-17-26/h6-17,23H,5,18-20H2,1-4H3,(H,31,35)/t23-/m1/s1. The molecule has 0 spiro atoms. The number of benzene rings is 3. The van der Waals surface area contributed by atoms with Crippen molar-refractivity contribution in [1.29, 1.82) is 0 Å². The van der Waals surface area contributed by atoms with Gasteiger partial charge in [0.05, 0.1) is 10.6 Å². The van der Waals surface area contributed by atoms with E-state index in [1.807, 2.05) is 44.2 Å². The second-order valence-electron chi connectivity index (χ2n) is 9.23. The molecule has 1 atom stereocenters. The molecule has 0 saturated heterocycles. The van der Waals surface area contributed by atoms with Crippen LogP contribution in [0.15, 0.2) is 82.2 Å². The van der Waals surface area contributed by atoms with E-state index >= 15 is 0 Å². The number of para-hydroxylation sites is 1. The number of amides is 2. The fourth-order valence-corrected chi connectivity index (χ4v) is 5.70. The van der Waals surface area contributed by atoms with E-state index in [2.05, 4.69) is 21.2 Å². The third kappa shape index (κ3) is 7.23. The molecule has 0 aromatic heterocycles. The average Bonchev–Trinajstić information content (AvgIpc) is 2.90. The van der Waals surface area contributed by atoms with Crippen molar-refractivity contribution in [2.24, 2.45) is 0 Å². The van der Waals surface area contributed by atoms with Gasteiger partial charge in [-0.05, 0) is 68.7 Å². The van der Waals surface area contributed by atoms with E-state index in [9.17, 15) is 18.0 Å². The van der Waals surface area contributed by atoms with Gasteiger partial charge in [0.2, 0.25) is 11.8 Å². The molecule has 0 aliphatic heterocycles. The zero-order valence-corrected chi connectivity index (χ0v) is 24.6. The quantitative estimate of drug-likeness (QED) is 0.328. The van der Waals surface area contributed by atoms with Crippen LogP contribution in [0.25, 0.3) is 0 Å². The van der Waals surface area contributed by atoms with E-state index in [1.54, 1.807) is 56.3 Å². The fourth-order valence-electron chi connectivity index (χ4n) is 3.96. The number of halogens is 1. The SMILES string of the molecule is CCCNC(=O)[C@@H](C)N(Cc1ccc(Br)cc1)C(=O)CN(c1ccccc1C)S(=O)(=O)c1ccc(C)cc1. The van der Waals surface area contributed by atoms with Crippen molar-refractivity contribution in [1.82, 2.24) is 10.2 Å². The molecule has 38 heavy (non-hydrogen) atoms. The predicted octanol–water partition coefficient (Wildman–Crippen LogP) is 5.20. The molecule has 9 heteroatoms. The van der Waals surface area contributed by atoms with Crippen LogP contribution >= 0.6 is 15.9 Å². The molecular formula is C29H34BrN3O4S. The summed E-state index contributed by atoms with van der Waals surface area (Å²) in [4.78, 5) is 28.3. The van der Waals surface area contributed by atoms with Crippen molar-refractivity contribution in [3.8, 4) is 0 Å². The van der Waals surface area contributed by atoms with Gasteiger partial charge in [0, 0.05) is 17.6 Å². The predicted molar refractivity (Wildman–Crippen MR) is 154 cm³/mol. The summed E-state index contributed by atoms with van der Waals surface area (Å²) >= 11 is 3.42. The van der Waals surface area contributed by atoms with Crippen molar-refractivity contribution >= 4 is 43.5 Å². The van der Waals surface area contributed by atoms with E-state index in [0.29, 0.717) is 17.8 Å². The first-order valence-corrected chi connectivity index (χ1v) is 14.7. The summed E-state index contributed by atoms with van der Waals surface area (Å²) < 4.78 is 29.8. The van der Waals surface area contributed by atoms with Crippen LogP contribution in [0.4, 0.5) is 5.69 Å². The molecule has 0 fully saturated rings. The highest BCUT2D eigenvalue weighted by atomic mass is 79.9. The lowest BCUT2D eigenvalue weighted by Gasteiger charge is -2.32. The maximum absolute atomic E-state index is 13.9. The molecule has 3 aromatic carbocycles. The first kappa shape index (κ1) is 29.4. The highest BCUT2D eigenvalue weighted by Gasteiger charge is 2.33. The Morgan fingerprint density at radius 1 is 0.947 bits per heavy atom. The van der Waals surface area contributed by atoms with Gasteiger partial charge >= 0.3 is 0 Å². The third-order valence-electron chi connectivity index (χ3n) is 6.25. The third-order valence-corrected chi connectivity index (χ3v) is 8.56. The average molecular weight is 601 g/mol. The second kappa shape index (κ2) is 13.1. The minimum absolute atomic E-state index is 0.0901. The number of aryl methyl sites for hydroxylation is 2. The van der Waals surface area contributed by atoms with Crippen molar-refractivity contribution in [3.63, 3.8) is 0 Å². The van der Waals surface area contributed by atoms with Gasteiger partial charge in [0.1, 0.15) is 12.6 Å². The molecule has 0 aliphatic rings. The highest BCUT2D eigenvalue weighted by molar-refractivity contribution is 9.10. The Morgan fingerprint density at radius 2 is 1.58 bits per heavy atom. The fraction of sp³-hybridized carbons (Fsp3) is 0.310. The summed E-state index contributed by atoms with van der Waals surface area (Å²) in [6.45, 7) is 7.48. The van der Waals surface area contributed by atoms with Crippen LogP contribution in [-0.2, 0) is 26.2 Å². The van der Waals surface area contributed by atoms with Crippen molar-refractivity contribution in [2.75, 3.05) is 17.4 Å². The molecule has 3 rings (SSSR count). The maximum Gasteiger partial charge on any atom is 0.264 e. The van der Waals surface area contributed by atoms with Crippen molar-refractivity contribution < 1.29 is 18.0 Å². The number of nitrogens with one attached hydrogen (secondary N) is 1. The first-order valence-electron chi connectivity index (χ1n) is 12.5. The number of carbonyl (C=O) groups is 2. The van der Waals surface area contributed by atoms with Crippen LogP contribution in [0.1, 0.15) is 37.0 Å². The zero-order valence-electron chi connectivity index (χ0n) is 22.1. The molecule has 202 valence electrons. The maximum atomic E-state index is 13.9. The molecule has 1 N–H and O–H groups in total. The summed E-state index contributed by atoms with van der Waals surface area (Å²) in [5.74, 6) is -0.771. The van der Waals surface area contributed by atoms with E-state index in [1.165, 1.54) is 4.90 Å². The number of sulfonamides is 1. The van der Waals surface area contributed by atoms with E-state index in [0.717, 1.165) is 26.3 Å². The summed E-state index contributed by atoms with van der Waals surface area (Å²) in [7, 11) is -4.08. The van der Waals surface area contributed by atoms with E-state index in [-0.39, 0.29) is 17.3 Å². The molecule has 0 bridgehead atoms. The lowest BCUT2D eigenvalue weighted by atomic mass is 10.1. The Balaban J connectivity index is 2.02. The Morgan fingerprint density at radius 3 is 2.18 bits per heavy atom. The van der Waals surface area contributed by atoms with Crippen molar-refractivity contribution in [2.45, 2.75) is 51.6 Å². The highest BCUT2D eigenvalue weighted by Crippen LogP contribution is 2.27. The summed E-state index contributed by atoms with van der Waals surface area (Å²) in [5.41, 5.74) is 2.87. The minimum atomic E-state index is -4.08. The van der Waals surface area contributed by atoms with Gasteiger partial charge in [-0.25, -0.2) is 8.42 Å². The summed E-state index contributed by atoms with van der Waals surface area (Å²) in [6.07, 6.45) is 0.759. The molecule has 0 unspecified atom stereocenters. The smallest absolute Gasteiger partial charge is 0.264 e. The lowest BCUT2D eigenvalue weighted by Crippen LogP contribution is -2.51. The van der Waals surface area contributed by atoms with Gasteiger partial charge in [0.15, 0.2) is 0 Å². The zero-order chi connectivity index (χ0) is 27.9. The molecule has 0 radical (unpaired) electrons. The Bertz CT molecular complexity index is 1360. The Kier molecular flexibility index (Phi) is 10.1. The number of carbonyl (C=O) groups excluding carboxylic acids is 2. The van der Waals surface area contributed by atoms with Crippen LogP contribution in [0.5, 0.6) is 0 Å². The van der Waals surface area contributed by atoms with Crippen LogP contribution in [0.3, 0.4) is 0 Å². The minimum Gasteiger partial charge on any atom is -0.354 e. The van der Waals surface area contributed by atoms with Crippen LogP contribution in [0.2, 0.25) is 0 Å². The lowest BCUT2D eigenvalue weighted by molar-refractivity contribution is -0.139. The number of nitrogens with zero attached hydrogens (tertiary/aromatic N) is 2. The number of rotatable bonds is 11. The molecule has 0 aliphatic carbocycles. The number of hydrogen-bond donors (Lipinski definition) is 1. The number of anilines is 1. The normalized spacial score (nSPS) is 12.0. The molecular weight excluding hydrogens is 566 g/mol. The van der Waals surface area contributed by atoms with Gasteiger partial charge in [-0.1, -0.05) is 70.9 Å². The largest absolute Gasteiger partial charge is 0.354 e. The van der Waals surface area contributed by atoms with Gasteiger partial charge < -0.3 is 10.2 Å². The second-order valence-corrected chi connectivity index (χ2v) is 12.0. The molecule has 0 heterocycles. The van der Waals surface area contributed by atoms with Crippen LogP contribution in [0, 0.1) is 13.8 Å². The molecule has 7 nitrogen and oxygen atoms in total. The first-order chi connectivity index (χ1) is 18.0.